The predicted molar refractivity (Wildman–Crippen MR) is 45.4 cm³/mol. The number of hydrogen-bond donors (Lipinski definition) is 2. The average molecular weight is 157 g/mol. The maximum atomic E-state index is 5.79. The van der Waals surface area contributed by atoms with Crippen molar-refractivity contribution < 1.29 is 0 Å². The summed E-state index contributed by atoms with van der Waals surface area (Å²) in [5.74, 6) is 0. The highest BCUT2D eigenvalue weighted by Gasteiger charge is 1.95. The molecule has 0 aromatic heterocycles. The molecule has 0 heterocycles. The molecule has 1 aromatic carbocycles. The van der Waals surface area contributed by atoms with Gasteiger partial charge in [-0.05, 0) is 18.2 Å². The van der Waals surface area contributed by atoms with Gasteiger partial charge in [0, 0.05) is 12.7 Å². The van der Waals surface area contributed by atoms with Crippen molar-refractivity contribution >= 4 is 23.0 Å². The summed E-state index contributed by atoms with van der Waals surface area (Å²) in [4.78, 5) is 0. The molecule has 0 saturated heterocycles. The van der Waals surface area contributed by atoms with E-state index in [0.717, 1.165) is 5.69 Å². The second-order valence-corrected chi connectivity index (χ2v) is 2.40. The van der Waals surface area contributed by atoms with E-state index in [0.29, 0.717) is 10.7 Å². The summed E-state index contributed by atoms with van der Waals surface area (Å²) < 4.78 is 0. The Morgan fingerprint density at radius 2 is 2.20 bits per heavy atom. The fraction of sp³-hybridized carbons (Fsp3) is 0.143. The van der Waals surface area contributed by atoms with E-state index in [-0.39, 0.29) is 0 Å². The number of nitrogen functional groups attached to an aromatic ring is 1. The SMILES string of the molecule is CNc1ccc(N)cc1Cl. The number of nitrogens with two attached hydrogens (primary N) is 1. The Bertz CT molecular complexity index is 235. The number of anilines is 2. The number of halogens is 1. The molecule has 0 aliphatic rings. The molecule has 0 radical (unpaired) electrons. The van der Waals surface area contributed by atoms with Crippen LogP contribution in [0.1, 0.15) is 0 Å². The van der Waals surface area contributed by atoms with E-state index in [1.54, 1.807) is 12.1 Å². The lowest BCUT2D eigenvalue weighted by atomic mass is 10.3. The zero-order valence-electron chi connectivity index (χ0n) is 5.69. The van der Waals surface area contributed by atoms with Crippen molar-refractivity contribution in [3.8, 4) is 0 Å². The first-order valence-corrected chi connectivity index (χ1v) is 3.34. The van der Waals surface area contributed by atoms with E-state index in [9.17, 15) is 0 Å². The van der Waals surface area contributed by atoms with Crippen molar-refractivity contribution in [2.24, 2.45) is 0 Å². The van der Waals surface area contributed by atoms with Crippen molar-refractivity contribution in [2.75, 3.05) is 18.1 Å². The monoisotopic (exact) mass is 156 g/mol. The number of rotatable bonds is 1. The van der Waals surface area contributed by atoms with Crippen LogP contribution in [0.3, 0.4) is 0 Å². The lowest BCUT2D eigenvalue weighted by Gasteiger charge is -2.02. The number of benzene rings is 1. The van der Waals surface area contributed by atoms with Gasteiger partial charge in [-0.1, -0.05) is 11.6 Å². The van der Waals surface area contributed by atoms with Crippen molar-refractivity contribution in [3.05, 3.63) is 23.2 Å². The minimum absolute atomic E-state index is 0.655. The van der Waals surface area contributed by atoms with Gasteiger partial charge in [-0.2, -0.15) is 0 Å². The molecule has 3 heteroatoms. The Labute approximate surface area is 65.0 Å². The van der Waals surface area contributed by atoms with Crippen molar-refractivity contribution in [2.45, 2.75) is 0 Å². The van der Waals surface area contributed by atoms with Gasteiger partial charge in [0.1, 0.15) is 0 Å². The molecule has 10 heavy (non-hydrogen) atoms. The fourth-order valence-corrected chi connectivity index (χ4v) is 1.02. The fourth-order valence-electron chi connectivity index (χ4n) is 0.734. The van der Waals surface area contributed by atoms with Crippen LogP contribution in [0.4, 0.5) is 11.4 Å². The Kier molecular flexibility index (Phi) is 2.02. The molecule has 0 fully saturated rings. The molecule has 0 aliphatic heterocycles. The molecule has 0 atom stereocenters. The Morgan fingerprint density at radius 1 is 1.50 bits per heavy atom. The highest BCUT2D eigenvalue weighted by Crippen LogP contribution is 2.22. The van der Waals surface area contributed by atoms with Gasteiger partial charge < -0.3 is 11.1 Å². The van der Waals surface area contributed by atoms with E-state index in [2.05, 4.69) is 5.32 Å². The maximum Gasteiger partial charge on any atom is 0.0657 e. The first kappa shape index (κ1) is 7.22. The smallest absolute Gasteiger partial charge is 0.0657 e. The Morgan fingerprint density at radius 3 is 2.70 bits per heavy atom. The van der Waals surface area contributed by atoms with Gasteiger partial charge in [-0.25, -0.2) is 0 Å². The van der Waals surface area contributed by atoms with Crippen LogP contribution in [0.5, 0.6) is 0 Å². The molecule has 0 aliphatic carbocycles. The molecule has 54 valence electrons. The molecule has 0 unspecified atom stereocenters. The minimum atomic E-state index is 0.655. The van der Waals surface area contributed by atoms with Crippen LogP contribution in [0.15, 0.2) is 18.2 Å². The number of hydrogen-bond acceptors (Lipinski definition) is 2. The third kappa shape index (κ3) is 1.33. The number of nitrogens with one attached hydrogen (secondary N) is 1. The molecule has 2 nitrogen and oxygen atoms in total. The lowest BCUT2D eigenvalue weighted by Crippen LogP contribution is -1.90. The zero-order valence-corrected chi connectivity index (χ0v) is 6.44. The average Bonchev–Trinajstić information content (AvgIpc) is 1.88. The second-order valence-electron chi connectivity index (χ2n) is 1.99. The molecule has 3 N–H and O–H groups in total. The summed E-state index contributed by atoms with van der Waals surface area (Å²) >= 11 is 5.79. The molecule has 1 aromatic rings. The van der Waals surface area contributed by atoms with Gasteiger partial charge in [-0.15, -0.1) is 0 Å². The predicted octanol–water partition coefficient (Wildman–Crippen LogP) is 1.96. The summed E-state index contributed by atoms with van der Waals surface area (Å²) in [5, 5.41) is 3.59. The van der Waals surface area contributed by atoms with Crippen LogP contribution in [-0.2, 0) is 0 Å². The summed E-state index contributed by atoms with van der Waals surface area (Å²) in [6, 6.07) is 5.36. The standard InChI is InChI=1S/C7H9ClN2/c1-10-7-3-2-5(9)4-6(7)8/h2-4,10H,9H2,1H3. The molecule has 0 bridgehead atoms. The molecule has 0 spiro atoms. The van der Waals surface area contributed by atoms with Gasteiger partial charge in [0.2, 0.25) is 0 Å². The third-order valence-electron chi connectivity index (χ3n) is 1.26. The second kappa shape index (κ2) is 2.80. The summed E-state index contributed by atoms with van der Waals surface area (Å²) in [5.41, 5.74) is 7.05. The Balaban J connectivity index is 3.07. The van der Waals surface area contributed by atoms with Gasteiger partial charge >= 0.3 is 0 Å². The summed E-state index contributed by atoms with van der Waals surface area (Å²) in [6.45, 7) is 0. The highest BCUT2D eigenvalue weighted by molar-refractivity contribution is 6.33. The van der Waals surface area contributed by atoms with Crippen LogP contribution in [0, 0.1) is 0 Å². The lowest BCUT2D eigenvalue weighted by molar-refractivity contribution is 1.51. The van der Waals surface area contributed by atoms with Gasteiger partial charge in [0.25, 0.3) is 0 Å². The molecular formula is C7H9ClN2. The van der Waals surface area contributed by atoms with Gasteiger partial charge in [0.15, 0.2) is 0 Å². The first-order chi connectivity index (χ1) is 4.74. The minimum Gasteiger partial charge on any atom is -0.399 e. The van der Waals surface area contributed by atoms with Crippen LogP contribution >= 0.6 is 11.6 Å². The van der Waals surface area contributed by atoms with Crippen molar-refractivity contribution in [1.82, 2.24) is 0 Å². The Hall–Kier alpha value is -0.890. The quantitative estimate of drug-likeness (QED) is 0.611. The van der Waals surface area contributed by atoms with Crippen LogP contribution in [-0.4, -0.2) is 7.05 Å². The molecule has 1 rings (SSSR count). The van der Waals surface area contributed by atoms with Gasteiger partial charge in [-0.3, -0.25) is 0 Å². The first-order valence-electron chi connectivity index (χ1n) is 2.97. The summed E-state index contributed by atoms with van der Waals surface area (Å²) in [6.07, 6.45) is 0. The summed E-state index contributed by atoms with van der Waals surface area (Å²) in [7, 11) is 1.82. The van der Waals surface area contributed by atoms with Gasteiger partial charge in [0.05, 0.1) is 10.7 Å². The molecule has 0 saturated carbocycles. The zero-order chi connectivity index (χ0) is 7.56. The maximum absolute atomic E-state index is 5.79. The van der Waals surface area contributed by atoms with Crippen LogP contribution in [0.2, 0.25) is 5.02 Å². The normalized spacial score (nSPS) is 9.40. The van der Waals surface area contributed by atoms with Crippen molar-refractivity contribution in [1.29, 1.82) is 0 Å². The van der Waals surface area contributed by atoms with E-state index in [1.165, 1.54) is 0 Å². The van der Waals surface area contributed by atoms with Crippen molar-refractivity contribution in [3.63, 3.8) is 0 Å². The van der Waals surface area contributed by atoms with Crippen LogP contribution < -0.4 is 11.1 Å². The third-order valence-corrected chi connectivity index (χ3v) is 1.58. The molecular weight excluding hydrogens is 148 g/mol. The van der Waals surface area contributed by atoms with E-state index in [1.807, 2.05) is 13.1 Å². The van der Waals surface area contributed by atoms with E-state index in [4.69, 9.17) is 17.3 Å². The van der Waals surface area contributed by atoms with E-state index >= 15 is 0 Å². The molecule has 0 amide bonds. The highest BCUT2D eigenvalue weighted by atomic mass is 35.5. The largest absolute Gasteiger partial charge is 0.399 e. The topological polar surface area (TPSA) is 38.0 Å². The van der Waals surface area contributed by atoms with Crippen LogP contribution in [0.25, 0.3) is 0 Å². The van der Waals surface area contributed by atoms with E-state index < -0.39 is 0 Å².